The standard InChI is InChI=1S/C12H8ClFN2O2S/c13-9-4-5-11(15-6-9)19-7-8-2-1-3-10(12(8)14)16(17)18/h1-6H,7H2. The van der Waals surface area contributed by atoms with Gasteiger partial charge < -0.3 is 0 Å². The molecule has 0 bridgehead atoms. The van der Waals surface area contributed by atoms with Gasteiger partial charge in [-0.2, -0.15) is 4.39 Å². The fraction of sp³-hybridized carbons (Fsp3) is 0.0833. The molecule has 2 rings (SSSR count). The molecule has 0 aliphatic heterocycles. The molecule has 7 heteroatoms. The van der Waals surface area contributed by atoms with Gasteiger partial charge in [0.05, 0.1) is 15.0 Å². The third kappa shape index (κ3) is 3.42. The van der Waals surface area contributed by atoms with Gasteiger partial charge in [-0.25, -0.2) is 4.98 Å². The van der Waals surface area contributed by atoms with Crippen molar-refractivity contribution < 1.29 is 9.31 Å². The molecule has 2 aromatic rings. The molecule has 4 nitrogen and oxygen atoms in total. The lowest BCUT2D eigenvalue weighted by atomic mass is 10.2. The number of benzene rings is 1. The molecule has 0 spiro atoms. The lowest BCUT2D eigenvalue weighted by Gasteiger charge is -2.03. The van der Waals surface area contributed by atoms with E-state index in [1.54, 1.807) is 12.1 Å². The zero-order chi connectivity index (χ0) is 13.8. The maximum absolute atomic E-state index is 13.8. The van der Waals surface area contributed by atoms with Crippen LogP contribution in [0.15, 0.2) is 41.6 Å². The number of nitrogens with zero attached hydrogens (tertiary/aromatic N) is 2. The van der Waals surface area contributed by atoms with Crippen LogP contribution in [0.1, 0.15) is 5.56 Å². The van der Waals surface area contributed by atoms with Crippen LogP contribution in [0.4, 0.5) is 10.1 Å². The Morgan fingerprint density at radius 1 is 1.37 bits per heavy atom. The Morgan fingerprint density at radius 2 is 2.16 bits per heavy atom. The third-order valence-corrected chi connectivity index (χ3v) is 3.55. The highest BCUT2D eigenvalue weighted by Gasteiger charge is 2.17. The molecule has 98 valence electrons. The Bertz CT molecular complexity index is 607. The molecule has 0 amide bonds. The molecule has 0 fully saturated rings. The minimum absolute atomic E-state index is 0.266. The van der Waals surface area contributed by atoms with Crippen LogP contribution in [0, 0.1) is 15.9 Å². The molecule has 0 N–H and O–H groups in total. The number of hydrogen-bond acceptors (Lipinski definition) is 4. The molecular formula is C12H8ClFN2O2S. The zero-order valence-electron chi connectivity index (χ0n) is 9.55. The first-order valence-corrected chi connectivity index (χ1v) is 6.60. The van der Waals surface area contributed by atoms with Crippen LogP contribution in [-0.4, -0.2) is 9.91 Å². The highest BCUT2D eigenvalue weighted by molar-refractivity contribution is 7.98. The highest BCUT2D eigenvalue weighted by Crippen LogP contribution is 2.27. The van der Waals surface area contributed by atoms with E-state index in [0.717, 1.165) is 6.07 Å². The van der Waals surface area contributed by atoms with Gasteiger partial charge in [-0.3, -0.25) is 10.1 Å². The number of aromatic nitrogens is 1. The normalized spacial score (nSPS) is 10.4. The van der Waals surface area contributed by atoms with Crippen molar-refractivity contribution in [1.29, 1.82) is 0 Å². The average molecular weight is 299 g/mol. The molecule has 0 unspecified atom stereocenters. The number of nitro benzene ring substituents is 1. The Balaban J connectivity index is 2.13. The second-order valence-corrected chi connectivity index (χ2v) is 5.04. The largest absolute Gasteiger partial charge is 0.305 e. The van der Waals surface area contributed by atoms with Gasteiger partial charge in [-0.05, 0) is 12.1 Å². The number of nitro groups is 1. The number of rotatable bonds is 4. The fourth-order valence-corrected chi connectivity index (χ4v) is 2.35. The summed E-state index contributed by atoms with van der Waals surface area (Å²) >= 11 is 6.99. The Morgan fingerprint density at radius 3 is 2.79 bits per heavy atom. The predicted octanol–water partition coefficient (Wildman–Crippen LogP) is 4.07. The van der Waals surface area contributed by atoms with Gasteiger partial charge in [0.25, 0.3) is 0 Å². The first-order chi connectivity index (χ1) is 9.08. The SMILES string of the molecule is O=[N+]([O-])c1cccc(CSc2ccc(Cl)cn2)c1F. The van der Waals surface area contributed by atoms with Gasteiger partial charge in [-0.1, -0.05) is 23.7 Å². The molecule has 1 heterocycles. The van der Waals surface area contributed by atoms with Gasteiger partial charge >= 0.3 is 5.69 Å². The molecule has 0 aliphatic rings. The lowest BCUT2D eigenvalue weighted by Crippen LogP contribution is -1.96. The summed E-state index contributed by atoms with van der Waals surface area (Å²) in [5.74, 6) is -0.531. The van der Waals surface area contributed by atoms with Crippen molar-refractivity contribution in [2.24, 2.45) is 0 Å². The first-order valence-electron chi connectivity index (χ1n) is 5.24. The van der Waals surface area contributed by atoms with E-state index in [4.69, 9.17) is 11.6 Å². The molecule has 0 saturated carbocycles. The Kier molecular flexibility index (Phi) is 4.34. The van der Waals surface area contributed by atoms with Crippen LogP contribution in [0.25, 0.3) is 0 Å². The number of halogens is 2. The van der Waals surface area contributed by atoms with Gasteiger partial charge in [-0.15, -0.1) is 11.8 Å². The van der Waals surface area contributed by atoms with E-state index in [1.807, 2.05) is 0 Å². The number of hydrogen-bond donors (Lipinski definition) is 0. The van der Waals surface area contributed by atoms with Gasteiger partial charge in [0.1, 0.15) is 0 Å². The highest BCUT2D eigenvalue weighted by atomic mass is 35.5. The van der Waals surface area contributed by atoms with E-state index in [0.29, 0.717) is 10.0 Å². The van der Waals surface area contributed by atoms with Gasteiger partial charge in [0.2, 0.25) is 5.82 Å². The van der Waals surface area contributed by atoms with E-state index in [1.165, 1.54) is 30.1 Å². The average Bonchev–Trinajstić information content (AvgIpc) is 2.39. The molecule has 19 heavy (non-hydrogen) atoms. The summed E-state index contributed by atoms with van der Waals surface area (Å²) in [6.07, 6.45) is 1.49. The van der Waals surface area contributed by atoms with Crippen LogP contribution in [0.5, 0.6) is 0 Å². The summed E-state index contributed by atoms with van der Waals surface area (Å²) in [5.41, 5.74) is -0.238. The van der Waals surface area contributed by atoms with Crippen molar-refractivity contribution in [1.82, 2.24) is 4.98 Å². The minimum Gasteiger partial charge on any atom is -0.258 e. The maximum atomic E-state index is 13.8. The molecule has 0 aliphatic carbocycles. The minimum atomic E-state index is -0.797. The van der Waals surface area contributed by atoms with Crippen molar-refractivity contribution in [3.8, 4) is 0 Å². The molecule has 0 saturated heterocycles. The summed E-state index contributed by atoms with van der Waals surface area (Å²) in [5, 5.41) is 11.8. The van der Waals surface area contributed by atoms with Crippen molar-refractivity contribution in [3.05, 3.63) is 63.0 Å². The second-order valence-electron chi connectivity index (χ2n) is 3.61. The van der Waals surface area contributed by atoms with Crippen molar-refractivity contribution in [2.45, 2.75) is 10.8 Å². The summed E-state index contributed by atoms with van der Waals surface area (Å²) in [6.45, 7) is 0. The second kappa shape index (κ2) is 5.99. The van der Waals surface area contributed by atoms with Gasteiger partial charge in [0, 0.05) is 23.6 Å². The zero-order valence-corrected chi connectivity index (χ0v) is 11.1. The van der Waals surface area contributed by atoms with Crippen LogP contribution in [-0.2, 0) is 5.75 Å². The molecule has 0 atom stereocenters. The first kappa shape index (κ1) is 13.8. The summed E-state index contributed by atoms with van der Waals surface area (Å²) in [4.78, 5) is 13.9. The van der Waals surface area contributed by atoms with Crippen molar-refractivity contribution in [2.75, 3.05) is 0 Å². The van der Waals surface area contributed by atoms with Crippen molar-refractivity contribution in [3.63, 3.8) is 0 Å². The topological polar surface area (TPSA) is 56.0 Å². The molecule has 0 radical (unpaired) electrons. The van der Waals surface area contributed by atoms with Crippen LogP contribution in [0.2, 0.25) is 5.02 Å². The molecule has 1 aromatic carbocycles. The third-order valence-electron chi connectivity index (χ3n) is 2.33. The summed E-state index contributed by atoms with van der Waals surface area (Å²) in [6, 6.07) is 7.52. The molecule has 1 aromatic heterocycles. The van der Waals surface area contributed by atoms with Crippen LogP contribution >= 0.6 is 23.4 Å². The predicted molar refractivity (Wildman–Crippen MR) is 71.9 cm³/mol. The quantitative estimate of drug-likeness (QED) is 0.485. The monoisotopic (exact) mass is 298 g/mol. The smallest absolute Gasteiger partial charge is 0.258 e. The van der Waals surface area contributed by atoms with E-state index < -0.39 is 16.4 Å². The van der Waals surface area contributed by atoms with Crippen molar-refractivity contribution >= 4 is 29.1 Å². The van der Waals surface area contributed by atoms with E-state index >= 15 is 0 Å². The number of pyridine rings is 1. The maximum Gasteiger partial charge on any atom is 0.305 e. The number of thioether (sulfide) groups is 1. The Hall–Kier alpha value is -1.66. The lowest BCUT2D eigenvalue weighted by molar-refractivity contribution is -0.387. The van der Waals surface area contributed by atoms with E-state index in [2.05, 4.69) is 4.98 Å². The summed E-state index contributed by atoms with van der Waals surface area (Å²) < 4.78 is 13.8. The van der Waals surface area contributed by atoms with Crippen LogP contribution in [0.3, 0.4) is 0 Å². The Labute approximate surface area is 117 Å². The van der Waals surface area contributed by atoms with E-state index in [-0.39, 0.29) is 11.3 Å². The molecular weight excluding hydrogens is 291 g/mol. The summed E-state index contributed by atoms with van der Waals surface area (Å²) in [7, 11) is 0. The van der Waals surface area contributed by atoms with Gasteiger partial charge in [0.15, 0.2) is 0 Å². The van der Waals surface area contributed by atoms with Crippen LogP contribution < -0.4 is 0 Å². The fourth-order valence-electron chi connectivity index (χ4n) is 1.42. The van der Waals surface area contributed by atoms with E-state index in [9.17, 15) is 14.5 Å².